The molecule has 0 amide bonds. The molecular formula is C17H36N2O2. The summed E-state index contributed by atoms with van der Waals surface area (Å²) >= 11 is 0. The molecule has 0 rings (SSSR count). The van der Waals surface area contributed by atoms with Crippen molar-refractivity contribution in [2.75, 3.05) is 26.2 Å². The Kier molecular flexibility index (Phi) is 9.14. The fraction of sp³-hybridized carbons (Fsp3) is 0.941. The Hall–Kier alpha value is -0.610. The van der Waals surface area contributed by atoms with Gasteiger partial charge in [0.1, 0.15) is 5.54 Å². The van der Waals surface area contributed by atoms with Crippen LogP contribution >= 0.6 is 0 Å². The fourth-order valence-electron chi connectivity index (χ4n) is 2.78. The summed E-state index contributed by atoms with van der Waals surface area (Å²) in [4.78, 5) is 14.8. The van der Waals surface area contributed by atoms with Crippen LogP contribution in [0.5, 0.6) is 0 Å². The molecule has 0 saturated heterocycles. The predicted octanol–water partition coefficient (Wildman–Crippen LogP) is 2.92. The number of hydrogen-bond donors (Lipinski definition) is 1. The highest BCUT2D eigenvalue weighted by Crippen LogP contribution is 2.14. The van der Waals surface area contributed by atoms with E-state index < -0.39 is 5.54 Å². The van der Waals surface area contributed by atoms with Gasteiger partial charge in [0.15, 0.2) is 0 Å². The summed E-state index contributed by atoms with van der Waals surface area (Å²) in [6.07, 6.45) is 0. The van der Waals surface area contributed by atoms with Crippen molar-refractivity contribution in [3.05, 3.63) is 0 Å². The Morgan fingerprint density at radius 2 is 1.57 bits per heavy atom. The molecule has 0 aliphatic heterocycles. The maximum absolute atomic E-state index is 12.4. The second-order valence-electron chi connectivity index (χ2n) is 7.33. The topological polar surface area (TPSA) is 41.6 Å². The summed E-state index contributed by atoms with van der Waals surface area (Å²) in [6, 6.07) is 0.236. The van der Waals surface area contributed by atoms with Gasteiger partial charge < -0.3 is 9.64 Å². The molecule has 1 unspecified atom stereocenters. The van der Waals surface area contributed by atoms with Gasteiger partial charge in [-0.1, -0.05) is 27.7 Å². The number of ether oxygens (including phenoxy) is 1. The molecule has 0 fully saturated rings. The van der Waals surface area contributed by atoms with E-state index in [2.05, 4.69) is 51.8 Å². The number of nitrogens with one attached hydrogen (secondary N) is 1. The van der Waals surface area contributed by atoms with Crippen LogP contribution in [0.15, 0.2) is 0 Å². The van der Waals surface area contributed by atoms with Crippen LogP contribution in [0.1, 0.15) is 55.4 Å². The average molecular weight is 300 g/mol. The molecule has 1 atom stereocenters. The third kappa shape index (κ3) is 8.42. The summed E-state index contributed by atoms with van der Waals surface area (Å²) in [5.41, 5.74) is -0.659. The lowest BCUT2D eigenvalue weighted by Crippen LogP contribution is -2.60. The highest BCUT2D eigenvalue weighted by molar-refractivity contribution is 5.80. The summed E-state index contributed by atoms with van der Waals surface area (Å²) in [7, 11) is 0. The van der Waals surface area contributed by atoms with Crippen LogP contribution in [-0.4, -0.2) is 48.7 Å². The van der Waals surface area contributed by atoms with Gasteiger partial charge in [-0.25, -0.2) is 0 Å². The summed E-state index contributed by atoms with van der Waals surface area (Å²) in [6.45, 7) is 19.9. The molecule has 0 aromatic heterocycles. The number of carbonyl (C=O) groups is 1. The molecule has 1 N–H and O–H groups in total. The Morgan fingerprint density at radius 1 is 1.10 bits per heavy atom. The maximum atomic E-state index is 12.4. The number of esters is 1. The fourth-order valence-corrected chi connectivity index (χ4v) is 2.78. The molecule has 126 valence electrons. The lowest BCUT2D eigenvalue weighted by Gasteiger charge is -2.37. The van der Waals surface area contributed by atoms with Crippen LogP contribution in [0, 0.1) is 11.8 Å². The van der Waals surface area contributed by atoms with Gasteiger partial charge in [-0.3, -0.25) is 10.1 Å². The van der Waals surface area contributed by atoms with Gasteiger partial charge in [-0.05, 0) is 39.5 Å². The molecule has 0 spiro atoms. The van der Waals surface area contributed by atoms with Crippen LogP contribution in [0.3, 0.4) is 0 Å². The molecule has 0 aromatic rings. The second kappa shape index (κ2) is 9.42. The molecule has 0 heterocycles. The Morgan fingerprint density at radius 3 is 1.90 bits per heavy atom. The van der Waals surface area contributed by atoms with Crippen molar-refractivity contribution in [1.82, 2.24) is 10.2 Å². The van der Waals surface area contributed by atoms with E-state index in [4.69, 9.17) is 4.74 Å². The lowest BCUT2D eigenvalue weighted by atomic mass is 9.98. The van der Waals surface area contributed by atoms with Crippen LogP contribution in [0.4, 0.5) is 0 Å². The van der Waals surface area contributed by atoms with E-state index in [1.165, 1.54) is 0 Å². The summed E-state index contributed by atoms with van der Waals surface area (Å²) < 4.78 is 5.29. The van der Waals surface area contributed by atoms with Crippen molar-refractivity contribution < 1.29 is 9.53 Å². The number of rotatable bonds is 10. The molecule has 0 aliphatic rings. The molecule has 0 bridgehead atoms. The van der Waals surface area contributed by atoms with Crippen LogP contribution in [-0.2, 0) is 9.53 Å². The SMILES string of the molecule is CCOC(=O)C(C)(CN(CC(C)C)CC(C)C)NC(C)C. The quantitative estimate of drug-likeness (QED) is 0.630. The third-order valence-electron chi connectivity index (χ3n) is 3.12. The smallest absolute Gasteiger partial charge is 0.327 e. The molecule has 4 nitrogen and oxygen atoms in total. The number of hydrogen-bond acceptors (Lipinski definition) is 4. The first-order valence-electron chi connectivity index (χ1n) is 8.28. The molecular weight excluding hydrogens is 264 g/mol. The van der Waals surface area contributed by atoms with Gasteiger partial charge in [0.25, 0.3) is 0 Å². The first-order valence-corrected chi connectivity index (χ1v) is 8.28. The number of nitrogens with zero attached hydrogens (tertiary/aromatic N) is 1. The Balaban J connectivity index is 5.06. The van der Waals surface area contributed by atoms with E-state index >= 15 is 0 Å². The standard InChI is InChI=1S/C17H36N2O2/c1-9-21-16(20)17(8,18-15(6)7)12-19(10-13(2)3)11-14(4)5/h13-15,18H,9-12H2,1-8H3. The van der Waals surface area contributed by atoms with Crippen molar-refractivity contribution in [3.63, 3.8) is 0 Å². The predicted molar refractivity (Wildman–Crippen MR) is 89.4 cm³/mol. The van der Waals surface area contributed by atoms with Crippen LogP contribution in [0.25, 0.3) is 0 Å². The largest absolute Gasteiger partial charge is 0.465 e. The molecule has 0 radical (unpaired) electrons. The van der Waals surface area contributed by atoms with Gasteiger partial charge in [0.05, 0.1) is 6.61 Å². The maximum Gasteiger partial charge on any atom is 0.327 e. The van der Waals surface area contributed by atoms with E-state index in [1.54, 1.807) is 0 Å². The van der Waals surface area contributed by atoms with Crippen molar-refractivity contribution in [2.24, 2.45) is 11.8 Å². The zero-order chi connectivity index (χ0) is 16.6. The highest BCUT2D eigenvalue weighted by Gasteiger charge is 2.37. The van der Waals surface area contributed by atoms with Gasteiger partial charge >= 0.3 is 5.97 Å². The van der Waals surface area contributed by atoms with Crippen LogP contribution < -0.4 is 5.32 Å². The minimum atomic E-state index is -0.659. The van der Waals surface area contributed by atoms with E-state index in [9.17, 15) is 4.79 Å². The van der Waals surface area contributed by atoms with Gasteiger partial charge in [0, 0.05) is 25.7 Å². The summed E-state index contributed by atoms with van der Waals surface area (Å²) in [5, 5.41) is 3.40. The average Bonchev–Trinajstić information content (AvgIpc) is 2.25. The Labute approximate surface area is 131 Å². The monoisotopic (exact) mass is 300 g/mol. The molecule has 0 aromatic carbocycles. The van der Waals surface area contributed by atoms with E-state index in [-0.39, 0.29) is 12.0 Å². The zero-order valence-corrected chi connectivity index (χ0v) is 15.3. The lowest BCUT2D eigenvalue weighted by molar-refractivity contribution is -0.151. The van der Waals surface area contributed by atoms with Crippen molar-refractivity contribution in [2.45, 2.75) is 67.0 Å². The molecule has 21 heavy (non-hydrogen) atoms. The Bertz CT molecular complexity index is 293. The minimum absolute atomic E-state index is 0.156. The van der Waals surface area contributed by atoms with Crippen LogP contribution in [0.2, 0.25) is 0 Å². The van der Waals surface area contributed by atoms with E-state index in [0.717, 1.165) is 13.1 Å². The summed E-state index contributed by atoms with van der Waals surface area (Å²) in [5.74, 6) is 1.000. The highest BCUT2D eigenvalue weighted by atomic mass is 16.5. The second-order valence-corrected chi connectivity index (χ2v) is 7.33. The van der Waals surface area contributed by atoms with Gasteiger partial charge in [-0.2, -0.15) is 0 Å². The van der Waals surface area contributed by atoms with Crippen molar-refractivity contribution in [1.29, 1.82) is 0 Å². The first kappa shape index (κ1) is 20.4. The first-order chi connectivity index (χ1) is 9.60. The minimum Gasteiger partial charge on any atom is -0.465 e. The van der Waals surface area contributed by atoms with Gasteiger partial charge in [0.2, 0.25) is 0 Å². The molecule has 0 aliphatic carbocycles. The zero-order valence-electron chi connectivity index (χ0n) is 15.3. The normalized spacial score (nSPS) is 15.0. The van der Waals surface area contributed by atoms with Gasteiger partial charge in [-0.15, -0.1) is 0 Å². The van der Waals surface area contributed by atoms with E-state index in [1.807, 2.05) is 13.8 Å². The van der Waals surface area contributed by atoms with Crippen molar-refractivity contribution in [3.8, 4) is 0 Å². The molecule has 4 heteroatoms. The van der Waals surface area contributed by atoms with Crippen molar-refractivity contribution >= 4 is 5.97 Å². The van der Waals surface area contributed by atoms with E-state index in [0.29, 0.717) is 25.0 Å². The number of carbonyl (C=O) groups excluding carboxylic acids is 1. The third-order valence-corrected chi connectivity index (χ3v) is 3.12. The molecule has 0 saturated carbocycles.